The van der Waals surface area contributed by atoms with E-state index in [4.69, 9.17) is 4.74 Å². The monoisotopic (exact) mass is 217 g/mol. The number of benzene rings is 1. The third kappa shape index (κ3) is 5.01. The Hall–Kier alpha value is -1.24. The van der Waals surface area contributed by atoms with Crippen LogP contribution in [-0.4, -0.2) is 0 Å². The maximum atomic E-state index is 5.52. The Morgan fingerprint density at radius 3 is 2.94 bits per heavy atom. The molecule has 0 aromatic heterocycles. The molecule has 0 amide bonds. The van der Waals surface area contributed by atoms with Gasteiger partial charge in [0, 0.05) is 0 Å². The molecule has 0 atom stereocenters. The smallest absolute Gasteiger partial charge is 0.126 e. The molecule has 0 saturated carbocycles. The van der Waals surface area contributed by atoms with Crippen molar-refractivity contribution in [3.05, 3.63) is 49.1 Å². The van der Waals surface area contributed by atoms with Crippen LogP contribution in [0, 0.1) is 6.92 Å². The molecule has 0 bridgehead atoms. The van der Waals surface area contributed by atoms with Crippen molar-refractivity contribution in [3.8, 4) is 5.75 Å². The van der Waals surface area contributed by atoms with Gasteiger partial charge in [0.15, 0.2) is 0 Å². The number of hydrogen-bond donors (Lipinski definition) is 0. The van der Waals surface area contributed by atoms with Crippen LogP contribution in [0.4, 0.5) is 0 Å². The number of rotatable bonds is 7. The molecule has 1 heteroatoms. The van der Waals surface area contributed by atoms with Crippen molar-refractivity contribution < 1.29 is 4.74 Å². The van der Waals surface area contributed by atoms with Crippen LogP contribution in [0.15, 0.2) is 36.6 Å². The first-order valence-electron chi connectivity index (χ1n) is 6.06. The Morgan fingerprint density at radius 2 is 2.19 bits per heavy atom. The summed E-state index contributed by atoms with van der Waals surface area (Å²) in [5.74, 6) is 0.896. The van der Waals surface area contributed by atoms with Gasteiger partial charge in [-0.2, -0.15) is 0 Å². The zero-order chi connectivity index (χ0) is 11.6. The van der Waals surface area contributed by atoms with Crippen LogP contribution in [0.2, 0.25) is 0 Å². The van der Waals surface area contributed by atoms with Gasteiger partial charge in [0.1, 0.15) is 5.75 Å². The summed E-state index contributed by atoms with van der Waals surface area (Å²) < 4.78 is 5.52. The van der Waals surface area contributed by atoms with Crippen molar-refractivity contribution >= 4 is 0 Å². The minimum absolute atomic E-state index is 0.803. The third-order valence-electron chi connectivity index (χ3n) is 2.46. The van der Waals surface area contributed by atoms with Crippen LogP contribution in [0.25, 0.3) is 0 Å². The van der Waals surface area contributed by atoms with Gasteiger partial charge in [-0.15, -0.1) is 0 Å². The van der Waals surface area contributed by atoms with Gasteiger partial charge in [0.2, 0.25) is 0 Å². The molecule has 1 radical (unpaired) electrons. The molecule has 0 N–H and O–H groups in total. The molecule has 16 heavy (non-hydrogen) atoms. The molecule has 87 valence electrons. The number of hydrogen-bond acceptors (Lipinski definition) is 1. The van der Waals surface area contributed by atoms with Gasteiger partial charge in [0.05, 0.1) is 6.26 Å². The summed E-state index contributed by atoms with van der Waals surface area (Å²) >= 11 is 0. The molecule has 0 unspecified atom stereocenters. The summed E-state index contributed by atoms with van der Waals surface area (Å²) in [4.78, 5) is 0. The molecule has 1 aromatic rings. The van der Waals surface area contributed by atoms with E-state index in [1.54, 1.807) is 6.26 Å². The fraction of sp³-hybridized carbons (Fsp3) is 0.400. The molecular weight excluding hydrogens is 196 g/mol. The Kier molecular flexibility index (Phi) is 6.39. The van der Waals surface area contributed by atoms with Gasteiger partial charge >= 0.3 is 0 Å². The maximum absolute atomic E-state index is 5.52. The van der Waals surface area contributed by atoms with Gasteiger partial charge in [-0.25, -0.2) is 0 Å². The van der Waals surface area contributed by atoms with E-state index < -0.39 is 0 Å². The second kappa shape index (κ2) is 7.98. The van der Waals surface area contributed by atoms with E-state index in [0.717, 1.165) is 18.6 Å². The first kappa shape index (κ1) is 12.8. The van der Waals surface area contributed by atoms with Gasteiger partial charge in [-0.3, -0.25) is 0 Å². The molecule has 1 aromatic carbocycles. The number of ether oxygens (including phenoxy) is 1. The quantitative estimate of drug-likeness (QED) is 0.481. The van der Waals surface area contributed by atoms with Crippen LogP contribution in [0.3, 0.4) is 0 Å². The van der Waals surface area contributed by atoms with Gasteiger partial charge in [-0.1, -0.05) is 31.9 Å². The Balaban J connectivity index is 2.30. The second-order valence-electron chi connectivity index (χ2n) is 3.88. The molecule has 0 heterocycles. The van der Waals surface area contributed by atoms with Crippen molar-refractivity contribution in [2.45, 2.75) is 39.0 Å². The SMILES string of the molecule is [CH2]Cc1cccc(OC=CCCCCC)c1. The summed E-state index contributed by atoms with van der Waals surface area (Å²) in [6, 6.07) is 8.06. The van der Waals surface area contributed by atoms with Crippen LogP contribution < -0.4 is 4.74 Å². The lowest BCUT2D eigenvalue weighted by Crippen LogP contribution is -1.85. The second-order valence-corrected chi connectivity index (χ2v) is 3.88. The molecular formula is C15H21O. The molecule has 0 aliphatic carbocycles. The molecule has 1 nitrogen and oxygen atoms in total. The Bertz CT molecular complexity index is 315. The highest BCUT2D eigenvalue weighted by molar-refractivity contribution is 5.29. The van der Waals surface area contributed by atoms with Crippen LogP contribution in [0.5, 0.6) is 5.75 Å². The van der Waals surface area contributed by atoms with Gasteiger partial charge in [0.25, 0.3) is 0 Å². The van der Waals surface area contributed by atoms with Crippen LogP contribution in [-0.2, 0) is 6.42 Å². The van der Waals surface area contributed by atoms with E-state index in [0.29, 0.717) is 0 Å². The van der Waals surface area contributed by atoms with Crippen molar-refractivity contribution in [3.63, 3.8) is 0 Å². The lowest BCUT2D eigenvalue weighted by molar-refractivity contribution is 0.477. The Morgan fingerprint density at radius 1 is 1.31 bits per heavy atom. The minimum Gasteiger partial charge on any atom is -0.465 e. The van der Waals surface area contributed by atoms with Gasteiger partial charge < -0.3 is 4.74 Å². The fourth-order valence-electron chi connectivity index (χ4n) is 1.48. The van der Waals surface area contributed by atoms with Crippen molar-refractivity contribution in [2.24, 2.45) is 0 Å². The standard InChI is InChI=1S/C15H21O/c1-3-5-6-7-8-12-16-15-11-9-10-14(4-2)13-15/h8-13H,2-7H2,1H3. The van der Waals surface area contributed by atoms with E-state index in [2.05, 4.69) is 26.0 Å². The van der Waals surface area contributed by atoms with E-state index in [1.165, 1.54) is 24.8 Å². The zero-order valence-corrected chi connectivity index (χ0v) is 10.1. The molecule has 0 saturated heterocycles. The molecule has 0 aliphatic heterocycles. The predicted octanol–water partition coefficient (Wildman–Crippen LogP) is 4.54. The highest BCUT2D eigenvalue weighted by atomic mass is 16.5. The average Bonchev–Trinajstić information content (AvgIpc) is 2.34. The van der Waals surface area contributed by atoms with E-state index >= 15 is 0 Å². The van der Waals surface area contributed by atoms with Crippen molar-refractivity contribution in [2.75, 3.05) is 0 Å². The number of allylic oxidation sites excluding steroid dienone is 1. The minimum atomic E-state index is 0.803. The maximum Gasteiger partial charge on any atom is 0.126 e. The predicted molar refractivity (Wildman–Crippen MR) is 69.4 cm³/mol. The summed E-state index contributed by atoms with van der Waals surface area (Å²) in [6.45, 7) is 6.07. The van der Waals surface area contributed by atoms with Crippen molar-refractivity contribution in [1.29, 1.82) is 0 Å². The van der Waals surface area contributed by atoms with Gasteiger partial charge in [-0.05, 0) is 50.0 Å². The van der Waals surface area contributed by atoms with E-state index in [9.17, 15) is 0 Å². The lowest BCUT2D eigenvalue weighted by atomic mass is 10.2. The molecule has 0 fully saturated rings. The highest BCUT2D eigenvalue weighted by Gasteiger charge is 1.92. The van der Waals surface area contributed by atoms with E-state index in [1.807, 2.05) is 18.2 Å². The van der Waals surface area contributed by atoms with Crippen LogP contribution in [0.1, 0.15) is 38.2 Å². The summed E-state index contributed by atoms with van der Waals surface area (Å²) in [7, 11) is 0. The summed E-state index contributed by atoms with van der Waals surface area (Å²) in [5.41, 5.74) is 1.21. The normalized spacial score (nSPS) is 10.9. The third-order valence-corrected chi connectivity index (χ3v) is 2.46. The van der Waals surface area contributed by atoms with Crippen LogP contribution >= 0.6 is 0 Å². The molecule has 0 aliphatic rings. The van der Waals surface area contributed by atoms with Crippen molar-refractivity contribution in [1.82, 2.24) is 0 Å². The Labute approximate surface area is 99.1 Å². The summed E-state index contributed by atoms with van der Waals surface area (Å²) in [6.07, 6.45) is 9.58. The highest BCUT2D eigenvalue weighted by Crippen LogP contribution is 2.14. The zero-order valence-electron chi connectivity index (χ0n) is 10.1. The average molecular weight is 217 g/mol. The molecule has 1 rings (SSSR count). The number of unbranched alkanes of at least 4 members (excludes halogenated alkanes) is 3. The topological polar surface area (TPSA) is 9.23 Å². The van der Waals surface area contributed by atoms with E-state index in [-0.39, 0.29) is 0 Å². The largest absolute Gasteiger partial charge is 0.465 e. The fourth-order valence-corrected chi connectivity index (χ4v) is 1.48. The first-order chi connectivity index (χ1) is 7.86. The molecule has 0 spiro atoms. The summed E-state index contributed by atoms with van der Waals surface area (Å²) in [5, 5.41) is 0. The lowest BCUT2D eigenvalue weighted by Gasteiger charge is -2.02. The first-order valence-corrected chi connectivity index (χ1v) is 6.06.